The van der Waals surface area contributed by atoms with Crippen LogP contribution in [0.25, 0.3) is 6.08 Å². The van der Waals surface area contributed by atoms with Crippen molar-refractivity contribution in [3.05, 3.63) is 35.9 Å². The van der Waals surface area contributed by atoms with Crippen LogP contribution < -0.4 is 4.43 Å². The van der Waals surface area contributed by atoms with Gasteiger partial charge < -0.3 is 8.85 Å². The van der Waals surface area contributed by atoms with Crippen molar-refractivity contribution in [2.45, 2.75) is 39.3 Å². The van der Waals surface area contributed by atoms with Gasteiger partial charge in [0.1, 0.15) is 5.75 Å². The minimum absolute atomic E-state index is 0.272. The molecule has 0 aliphatic heterocycles. The van der Waals surface area contributed by atoms with E-state index in [1.54, 1.807) is 6.08 Å². The van der Waals surface area contributed by atoms with Crippen LogP contribution in [0.2, 0.25) is 39.3 Å². The first kappa shape index (κ1) is 16.7. The van der Waals surface area contributed by atoms with E-state index in [1.807, 2.05) is 43.9 Å². The van der Waals surface area contributed by atoms with Gasteiger partial charge >= 0.3 is 5.97 Å². The second-order valence-corrected chi connectivity index (χ2v) is 15.5. The molecule has 0 saturated heterocycles. The topological polar surface area (TPSA) is 35.5 Å². The highest BCUT2D eigenvalue weighted by atomic mass is 28.4. The summed E-state index contributed by atoms with van der Waals surface area (Å²) in [6, 6.07) is 7.74. The number of carbonyl (C=O) groups excluding carboxylic acids is 1. The molecule has 0 aromatic heterocycles. The smallest absolute Gasteiger partial charge is 0.317 e. The second kappa shape index (κ2) is 6.41. The third-order valence-corrected chi connectivity index (χ3v) is 3.78. The summed E-state index contributed by atoms with van der Waals surface area (Å²) < 4.78 is 11.2. The van der Waals surface area contributed by atoms with Crippen LogP contribution in [0, 0.1) is 0 Å². The average molecular weight is 309 g/mol. The Morgan fingerprint density at radius 1 is 0.950 bits per heavy atom. The molecule has 0 saturated carbocycles. The van der Waals surface area contributed by atoms with Crippen molar-refractivity contribution < 1.29 is 13.6 Å². The lowest BCUT2D eigenvalue weighted by molar-refractivity contribution is -0.129. The first-order valence-corrected chi connectivity index (χ1v) is 13.6. The largest absolute Gasteiger partial charge is 0.544 e. The molecule has 0 spiro atoms. The van der Waals surface area contributed by atoms with Crippen molar-refractivity contribution in [3.8, 4) is 5.75 Å². The number of benzene rings is 1. The lowest BCUT2D eigenvalue weighted by atomic mass is 10.2. The van der Waals surface area contributed by atoms with E-state index in [0.717, 1.165) is 11.3 Å². The number of hydrogen-bond acceptors (Lipinski definition) is 3. The van der Waals surface area contributed by atoms with Gasteiger partial charge in [0.05, 0.1) is 0 Å². The van der Waals surface area contributed by atoms with Crippen LogP contribution in [0.5, 0.6) is 5.75 Å². The Balaban J connectivity index is 2.64. The monoisotopic (exact) mass is 308 g/mol. The first-order chi connectivity index (χ1) is 9.05. The molecule has 0 amide bonds. The molecule has 0 N–H and O–H groups in total. The number of hydrogen-bond donors (Lipinski definition) is 0. The standard InChI is InChI=1S/C15H24O3Si2/c1-19(2,3)17-14-10-7-13(8-11-14)9-12-15(16)18-20(4,5)6/h7-12H,1-6H3/b12-9+. The predicted molar refractivity (Wildman–Crippen MR) is 88.9 cm³/mol. The number of rotatable bonds is 5. The molecule has 110 valence electrons. The lowest BCUT2D eigenvalue weighted by Gasteiger charge is -2.19. The summed E-state index contributed by atoms with van der Waals surface area (Å²) in [6.45, 7) is 12.4. The Morgan fingerprint density at radius 3 is 1.95 bits per heavy atom. The van der Waals surface area contributed by atoms with E-state index in [9.17, 15) is 4.79 Å². The van der Waals surface area contributed by atoms with Gasteiger partial charge in [-0.3, -0.25) is 0 Å². The van der Waals surface area contributed by atoms with Gasteiger partial charge in [0.2, 0.25) is 16.6 Å². The highest BCUT2D eigenvalue weighted by molar-refractivity contribution is 6.71. The summed E-state index contributed by atoms with van der Waals surface area (Å²) in [5, 5.41) is 0. The average Bonchev–Trinajstić information content (AvgIpc) is 2.23. The molecule has 3 nitrogen and oxygen atoms in total. The van der Waals surface area contributed by atoms with Crippen molar-refractivity contribution in [1.82, 2.24) is 0 Å². The molecule has 1 rings (SSSR count). The highest BCUT2D eigenvalue weighted by Crippen LogP contribution is 2.17. The van der Waals surface area contributed by atoms with Gasteiger partial charge in [-0.2, -0.15) is 0 Å². The summed E-state index contributed by atoms with van der Waals surface area (Å²) in [7, 11) is -3.38. The van der Waals surface area contributed by atoms with Gasteiger partial charge in [0.15, 0.2) is 0 Å². The molecule has 0 atom stereocenters. The second-order valence-electron chi connectivity index (χ2n) is 6.65. The zero-order valence-electron chi connectivity index (χ0n) is 13.2. The maximum Gasteiger partial charge on any atom is 0.317 e. The van der Waals surface area contributed by atoms with E-state index >= 15 is 0 Å². The molecule has 0 fully saturated rings. The van der Waals surface area contributed by atoms with Crippen LogP contribution in [0.4, 0.5) is 0 Å². The van der Waals surface area contributed by atoms with Gasteiger partial charge in [-0.1, -0.05) is 12.1 Å². The third kappa shape index (κ3) is 7.30. The summed E-state index contributed by atoms with van der Waals surface area (Å²) in [6.07, 6.45) is 3.24. The van der Waals surface area contributed by atoms with Gasteiger partial charge in [-0.15, -0.1) is 0 Å². The summed E-state index contributed by atoms with van der Waals surface area (Å²) in [4.78, 5) is 11.6. The summed E-state index contributed by atoms with van der Waals surface area (Å²) in [5.74, 6) is 0.609. The molecule has 0 bridgehead atoms. The van der Waals surface area contributed by atoms with Crippen molar-refractivity contribution in [3.63, 3.8) is 0 Å². The van der Waals surface area contributed by atoms with Crippen LogP contribution in [-0.2, 0) is 9.22 Å². The molecule has 0 aliphatic rings. The van der Waals surface area contributed by atoms with Crippen LogP contribution in [-0.4, -0.2) is 22.6 Å². The van der Waals surface area contributed by atoms with Gasteiger partial charge in [0, 0.05) is 6.08 Å². The molecule has 5 heteroatoms. The molecule has 0 radical (unpaired) electrons. The normalized spacial score (nSPS) is 12.5. The van der Waals surface area contributed by atoms with Crippen LogP contribution in [0.15, 0.2) is 30.3 Å². The highest BCUT2D eigenvalue weighted by Gasteiger charge is 2.18. The van der Waals surface area contributed by atoms with Crippen LogP contribution >= 0.6 is 0 Å². The Hall–Kier alpha value is -1.34. The molecule has 1 aromatic carbocycles. The van der Waals surface area contributed by atoms with Crippen LogP contribution in [0.3, 0.4) is 0 Å². The fraction of sp³-hybridized carbons (Fsp3) is 0.400. The van der Waals surface area contributed by atoms with Crippen molar-refractivity contribution in [1.29, 1.82) is 0 Å². The zero-order chi connectivity index (χ0) is 15.4. The quantitative estimate of drug-likeness (QED) is 0.601. The molecule has 0 aliphatic carbocycles. The fourth-order valence-electron chi connectivity index (χ4n) is 1.50. The van der Waals surface area contributed by atoms with Crippen molar-refractivity contribution in [2.75, 3.05) is 0 Å². The zero-order valence-corrected chi connectivity index (χ0v) is 15.2. The first-order valence-electron chi connectivity index (χ1n) is 6.75. The minimum atomic E-state index is -1.81. The van der Waals surface area contributed by atoms with Crippen LogP contribution in [0.1, 0.15) is 5.56 Å². The molecule has 20 heavy (non-hydrogen) atoms. The third-order valence-electron chi connectivity index (χ3n) is 2.12. The van der Waals surface area contributed by atoms with E-state index in [-0.39, 0.29) is 5.97 Å². The van der Waals surface area contributed by atoms with E-state index in [0.29, 0.717) is 0 Å². The van der Waals surface area contributed by atoms with Crippen molar-refractivity contribution >= 4 is 28.7 Å². The Labute approximate surface area is 123 Å². The fourth-order valence-corrected chi connectivity index (χ4v) is 3.02. The predicted octanol–water partition coefficient (Wildman–Crippen LogP) is 4.29. The minimum Gasteiger partial charge on any atom is -0.544 e. The molecule has 0 heterocycles. The Bertz CT molecular complexity index is 479. The van der Waals surface area contributed by atoms with E-state index < -0.39 is 16.6 Å². The molecular formula is C15H24O3Si2. The van der Waals surface area contributed by atoms with Gasteiger partial charge in [-0.25, -0.2) is 4.79 Å². The van der Waals surface area contributed by atoms with E-state index in [4.69, 9.17) is 8.85 Å². The van der Waals surface area contributed by atoms with Gasteiger partial charge in [0.25, 0.3) is 0 Å². The Kier molecular flexibility index (Phi) is 5.36. The van der Waals surface area contributed by atoms with E-state index in [1.165, 1.54) is 6.08 Å². The Morgan fingerprint density at radius 2 is 1.50 bits per heavy atom. The van der Waals surface area contributed by atoms with Crippen molar-refractivity contribution in [2.24, 2.45) is 0 Å². The molecular weight excluding hydrogens is 284 g/mol. The van der Waals surface area contributed by atoms with Gasteiger partial charge in [-0.05, 0) is 63.1 Å². The summed E-state index contributed by atoms with van der Waals surface area (Å²) in [5.41, 5.74) is 0.959. The number of carbonyl (C=O) groups is 1. The lowest BCUT2D eigenvalue weighted by Crippen LogP contribution is -2.29. The van der Waals surface area contributed by atoms with E-state index in [2.05, 4.69) is 19.6 Å². The maximum absolute atomic E-state index is 11.6. The molecule has 0 unspecified atom stereocenters. The SMILES string of the molecule is C[Si](C)(C)OC(=O)/C=C/c1ccc(O[Si](C)(C)C)cc1. The molecule has 1 aromatic rings. The summed E-state index contributed by atoms with van der Waals surface area (Å²) >= 11 is 0. The maximum atomic E-state index is 11.6.